The highest BCUT2D eigenvalue weighted by Gasteiger charge is 2.16. The number of hydrogen-bond donors (Lipinski definition) is 1. The van der Waals surface area contributed by atoms with Gasteiger partial charge in [-0.05, 0) is 38.5 Å². The summed E-state index contributed by atoms with van der Waals surface area (Å²) in [5.74, 6) is -0.910. The fourth-order valence-corrected chi connectivity index (χ4v) is 2.94. The fraction of sp³-hybridized carbons (Fsp3) is 0.857. The van der Waals surface area contributed by atoms with Gasteiger partial charge in [-0.2, -0.15) is 0 Å². The van der Waals surface area contributed by atoms with E-state index in [9.17, 15) is 4.79 Å². The van der Waals surface area contributed by atoms with E-state index in [-0.39, 0.29) is 5.92 Å². The van der Waals surface area contributed by atoms with Gasteiger partial charge in [0, 0.05) is 13.7 Å². The number of ether oxygens (including phenoxy) is 1. The number of aliphatic carboxylic acids is 1. The maximum atomic E-state index is 11.1. The molecule has 142 valence electrons. The average molecular weight is 341 g/mol. The van der Waals surface area contributed by atoms with Crippen molar-refractivity contribution in [3.8, 4) is 0 Å². The van der Waals surface area contributed by atoms with Crippen LogP contribution in [0.3, 0.4) is 0 Å². The summed E-state index contributed by atoms with van der Waals surface area (Å²) in [6, 6.07) is 0. The van der Waals surface area contributed by atoms with Crippen molar-refractivity contribution in [3.05, 3.63) is 12.2 Å². The third kappa shape index (κ3) is 16.0. The highest BCUT2D eigenvalue weighted by atomic mass is 16.5. The monoisotopic (exact) mass is 340 g/mol. The van der Waals surface area contributed by atoms with Gasteiger partial charge >= 0.3 is 5.97 Å². The van der Waals surface area contributed by atoms with Crippen molar-refractivity contribution >= 4 is 5.97 Å². The summed E-state index contributed by atoms with van der Waals surface area (Å²) < 4.78 is 4.98. The van der Waals surface area contributed by atoms with Crippen molar-refractivity contribution in [2.75, 3.05) is 13.7 Å². The van der Waals surface area contributed by atoms with Gasteiger partial charge in [-0.25, -0.2) is 0 Å². The molecule has 0 heterocycles. The minimum atomic E-state index is -0.676. The third-order valence-corrected chi connectivity index (χ3v) is 4.58. The van der Waals surface area contributed by atoms with Crippen LogP contribution in [-0.4, -0.2) is 24.8 Å². The van der Waals surface area contributed by atoms with E-state index in [1.165, 1.54) is 64.2 Å². The molecule has 1 N–H and O–H groups in total. The van der Waals surface area contributed by atoms with Gasteiger partial charge in [-0.15, -0.1) is 0 Å². The van der Waals surface area contributed by atoms with Gasteiger partial charge in [0.2, 0.25) is 0 Å². The number of unbranched alkanes of at least 4 members (excludes halogenated alkanes) is 10. The Bertz CT molecular complexity index is 299. The lowest BCUT2D eigenvalue weighted by atomic mass is 9.97. The molecule has 0 aliphatic heterocycles. The van der Waals surface area contributed by atoms with Crippen LogP contribution in [0.4, 0.5) is 0 Å². The summed E-state index contributed by atoms with van der Waals surface area (Å²) in [6.45, 7) is 2.80. The van der Waals surface area contributed by atoms with Gasteiger partial charge in [0.05, 0.1) is 5.92 Å². The van der Waals surface area contributed by atoms with Gasteiger partial charge in [0.25, 0.3) is 0 Å². The molecule has 0 rings (SSSR count). The second-order valence-electron chi connectivity index (χ2n) is 6.84. The minimum Gasteiger partial charge on any atom is -0.481 e. The van der Waals surface area contributed by atoms with Crippen LogP contribution in [0.25, 0.3) is 0 Å². The molecule has 3 nitrogen and oxygen atoms in total. The van der Waals surface area contributed by atoms with E-state index in [2.05, 4.69) is 19.1 Å². The molecular weight excluding hydrogens is 300 g/mol. The number of rotatable bonds is 18. The van der Waals surface area contributed by atoms with Crippen LogP contribution < -0.4 is 0 Å². The number of hydrogen-bond acceptors (Lipinski definition) is 2. The Morgan fingerprint density at radius 1 is 0.875 bits per heavy atom. The largest absolute Gasteiger partial charge is 0.481 e. The van der Waals surface area contributed by atoms with Crippen LogP contribution in [0.2, 0.25) is 0 Å². The molecule has 0 aliphatic carbocycles. The van der Waals surface area contributed by atoms with E-state index < -0.39 is 5.97 Å². The summed E-state index contributed by atoms with van der Waals surface area (Å²) in [5, 5.41) is 9.14. The molecule has 1 atom stereocenters. The summed E-state index contributed by atoms with van der Waals surface area (Å²) in [4.78, 5) is 11.1. The second-order valence-corrected chi connectivity index (χ2v) is 6.84. The van der Waals surface area contributed by atoms with Gasteiger partial charge in [-0.3, -0.25) is 4.79 Å². The molecule has 1 unspecified atom stereocenters. The van der Waals surface area contributed by atoms with E-state index >= 15 is 0 Å². The maximum absolute atomic E-state index is 11.1. The molecule has 24 heavy (non-hydrogen) atoms. The second kappa shape index (κ2) is 18.5. The normalized spacial score (nSPS) is 12.8. The predicted octanol–water partition coefficient (Wildman–Crippen LogP) is 6.37. The van der Waals surface area contributed by atoms with E-state index in [1.54, 1.807) is 7.11 Å². The van der Waals surface area contributed by atoms with Crippen molar-refractivity contribution in [3.63, 3.8) is 0 Å². The topological polar surface area (TPSA) is 46.5 Å². The Balaban J connectivity index is 3.37. The molecule has 0 aromatic heterocycles. The van der Waals surface area contributed by atoms with E-state index in [0.29, 0.717) is 13.0 Å². The highest BCUT2D eigenvalue weighted by molar-refractivity contribution is 5.69. The highest BCUT2D eigenvalue weighted by Crippen LogP contribution is 2.15. The first kappa shape index (κ1) is 23.2. The van der Waals surface area contributed by atoms with E-state index in [1.807, 2.05) is 0 Å². The van der Waals surface area contributed by atoms with Crippen molar-refractivity contribution in [1.82, 2.24) is 0 Å². The van der Waals surface area contributed by atoms with Gasteiger partial charge in [-0.1, -0.05) is 70.4 Å². The Kier molecular flexibility index (Phi) is 17.9. The van der Waals surface area contributed by atoms with E-state index in [4.69, 9.17) is 9.84 Å². The Morgan fingerprint density at radius 3 is 1.96 bits per heavy atom. The Labute approximate surface area is 149 Å². The summed E-state index contributed by atoms with van der Waals surface area (Å²) in [5.41, 5.74) is 0. The first-order valence-corrected chi connectivity index (χ1v) is 10.1. The van der Waals surface area contributed by atoms with Crippen LogP contribution in [0.15, 0.2) is 12.2 Å². The van der Waals surface area contributed by atoms with Crippen molar-refractivity contribution < 1.29 is 14.6 Å². The van der Waals surface area contributed by atoms with Gasteiger partial charge < -0.3 is 9.84 Å². The van der Waals surface area contributed by atoms with Crippen LogP contribution in [0, 0.1) is 5.92 Å². The molecule has 0 aliphatic rings. The summed E-state index contributed by atoms with van der Waals surface area (Å²) >= 11 is 0. The zero-order chi connectivity index (χ0) is 17.9. The van der Waals surface area contributed by atoms with Crippen LogP contribution in [-0.2, 0) is 9.53 Å². The zero-order valence-electron chi connectivity index (χ0n) is 16.1. The molecule has 0 saturated carbocycles. The lowest BCUT2D eigenvalue weighted by Gasteiger charge is -2.11. The molecule has 0 spiro atoms. The number of carboxylic acid groups (broad SMARTS) is 1. The zero-order valence-corrected chi connectivity index (χ0v) is 16.1. The van der Waals surface area contributed by atoms with E-state index in [0.717, 1.165) is 19.3 Å². The number of carboxylic acids is 1. The molecule has 0 fully saturated rings. The fourth-order valence-electron chi connectivity index (χ4n) is 2.94. The Morgan fingerprint density at radius 2 is 1.42 bits per heavy atom. The lowest BCUT2D eigenvalue weighted by molar-refractivity contribution is -0.142. The summed E-state index contributed by atoms with van der Waals surface area (Å²) in [7, 11) is 1.62. The van der Waals surface area contributed by atoms with Crippen molar-refractivity contribution in [2.45, 2.75) is 96.8 Å². The van der Waals surface area contributed by atoms with Crippen molar-refractivity contribution in [2.24, 2.45) is 5.92 Å². The quantitative estimate of drug-likeness (QED) is 0.233. The SMILES string of the molecule is CCCCCCCCC=CCCCCCCC(CCOC)C(=O)O. The van der Waals surface area contributed by atoms with Gasteiger partial charge in [0.15, 0.2) is 0 Å². The number of allylic oxidation sites excluding steroid dienone is 2. The summed E-state index contributed by atoms with van der Waals surface area (Å²) in [6.07, 6.45) is 21.3. The first-order valence-electron chi connectivity index (χ1n) is 10.1. The van der Waals surface area contributed by atoms with Crippen LogP contribution in [0.5, 0.6) is 0 Å². The average Bonchev–Trinajstić information content (AvgIpc) is 2.57. The predicted molar refractivity (Wildman–Crippen MR) is 102 cm³/mol. The van der Waals surface area contributed by atoms with Gasteiger partial charge in [0.1, 0.15) is 0 Å². The number of carbonyl (C=O) groups is 1. The standard InChI is InChI=1S/C21H40O3/c1-3-4-5-6-7-8-9-10-11-12-13-14-15-16-17-20(21(22)23)18-19-24-2/h10-11,20H,3-9,12-19H2,1-2H3,(H,22,23). The molecule has 0 aromatic rings. The smallest absolute Gasteiger partial charge is 0.306 e. The molecule has 0 bridgehead atoms. The van der Waals surface area contributed by atoms with Crippen LogP contribution >= 0.6 is 0 Å². The molecule has 0 saturated heterocycles. The maximum Gasteiger partial charge on any atom is 0.306 e. The van der Waals surface area contributed by atoms with Crippen LogP contribution in [0.1, 0.15) is 96.8 Å². The molecule has 0 aromatic carbocycles. The Hall–Kier alpha value is -0.830. The lowest BCUT2D eigenvalue weighted by Crippen LogP contribution is -2.15. The molecule has 0 amide bonds. The molecule has 0 radical (unpaired) electrons. The molecular formula is C21H40O3. The van der Waals surface area contributed by atoms with Crippen molar-refractivity contribution in [1.29, 1.82) is 0 Å². The minimum absolute atomic E-state index is 0.234. The third-order valence-electron chi connectivity index (χ3n) is 4.58. The molecule has 3 heteroatoms. The number of methoxy groups -OCH3 is 1. The first-order chi connectivity index (χ1) is 11.7.